The minimum absolute atomic E-state index is 0.0551. The smallest absolute Gasteiger partial charge is 0.471 e. The van der Waals surface area contributed by atoms with E-state index in [-0.39, 0.29) is 12.2 Å². The van der Waals surface area contributed by atoms with Gasteiger partial charge < -0.3 is 9.26 Å². The molecule has 0 amide bonds. The number of benzene rings is 1. The molecule has 0 fully saturated rings. The molecule has 11 heteroatoms. The van der Waals surface area contributed by atoms with E-state index in [1.165, 1.54) is 25.8 Å². The van der Waals surface area contributed by atoms with E-state index in [0.29, 0.717) is 21.9 Å². The summed E-state index contributed by atoms with van der Waals surface area (Å²) in [6, 6.07) is 8.07. The summed E-state index contributed by atoms with van der Waals surface area (Å²) in [5, 5.41) is 3.32. The van der Waals surface area contributed by atoms with Crippen LogP contribution in [0.3, 0.4) is 0 Å². The Kier molecular flexibility index (Phi) is 5.36. The number of rotatable bonds is 5. The van der Waals surface area contributed by atoms with Crippen LogP contribution in [0.4, 0.5) is 18.9 Å². The maximum atomic E-state index is 13.0. The largest absolute Gasteiger partial charge is 0.494 e. The minimum atomic E-state index is -4.68. The van der Waals surface area contributed by atoms with Crippen molar-refractivity contribution in [3.63, 3.8) is 0 Å². The summed E-state index contributed by atoms with van der Waals surface area (Å²) in [4.78, 5) is 7.67. The third kappa shape index (κ3) is 4.47. The fourth-order valence-electron chi connectivity index (χ4n) is 2.38. The lowest BCUT2D eigenvalue weighted by molar-refractivity contribution is -0.159. The van der Waals surface area contributed by atoms with Crippen molar-refractivity contribution in [2.75, 3.05) is 13.4 Å². The first kappa shape index (κ1) is 19.8. The van der Waals surface area contributed by atoms with Crippen molar-refractivity contribution in [2.45, 2.75) is 17.5 Å². The SMILES string of the molecule is COc1cnccc1S(C)(=O)=Nc1ccc(Cc2noc(C(F)(F)F)n2)cc1. The van der Waals surface area contributed by atoms with Crippen LogP contribution < -0.4 is 4.74 Å². The predicted molar refractivity (Wildman–Crippen MR) is 93.8 cm³/mol. The summed E-state index contributed by atoms with van der Waals surface area (Å²) in [7, 11) is -1.34. The lowest BCUT2D eigenvalue weighted by atomic mass is 10.1. The van der Waals surface area contributed by atoms with E-state index in [2.05, 4.69) is 24.0 Å². The highest BCUT2D eigenvalue weighted by Crippen LogP contribution is 2.28. The maximum absolute atomic E-state index is 13.0. The van der Waals surface area contributed by atoms with Gasteiger partial charge in [0.25, 0.3) is 0 Å². The first-order valence-corrected chi connectivity index (χ1v) is 9.80. The summed E-state index contributed by atoms with van der Waals surface area (Å²) < 4.78 is 64.1. The van der Waals surface area contributed by atoms with Crippen LogP contribution in [0.5, 0.6) is 5.75 Å². The van der Waals surface area contributed by atoms with Gasteiger partial charge in [0.05, 0.1) is 33.6 Å². The van der Waals surface area contributed by atoms with Crippen molar-refractivity contribution >= 4 is 15.4 Å². The summed E-state index contributed by atoms with van der Waals surface area (Å²) in [5.74, 6) is -1.10. The number of pyridine rings is 1. The standard InChI is InChI=1S/C17H15F3N4O3S/c1-26-13-10-21-8-7-14(13)28(2,25)24-12-5-3-11(4-6-12)9-15-22-16(27-23-15)17(18,19)20/h3-8,10H,9H2,1-2H3. The minimum Gasteiger partial charge on any atom is -0.494 e. The average molecular weight is 412 g/mol. The Morgan fingerprint density at radius 1 is 1.21 bits per heavy atom. The molecule has 0 aliphatic carbocycles. The number of aromatic nitrogens is 3. The molecule has 0 N–H and O–H groups in total. The van der Waals surface area contributed by atoms with Gasteiger partial charge >= 0.3 is 12.1 Å². The van der Waals surface area contributed by atoms with E-state index >= 15 is 0 Å². The molecule has 1 aromatic carbocycles. The number of halogens is 3. The number of hydrogen-bond donors (Lipinski definition) is 0. The second-order valence-electron chi connectivity index (χ2n) is 5.78. The van der Waals surface area contributed by atoms with E-state index < -0.39 is 21.8 Å². The van der Waals surface area contributed by atoms with E-state index in [9.17, 15) is 17.4 Å². The molecule has 0 saturated carbocycles. The lowest BCUT2D eigenvalue weighted by Gasteiger charge is -2.09. The van der Waals surface area contributed by atoms with Crippen molar-refractivity contribution in [3.05, 3.63) is 60.0 Å². The third-order valence-corrected chi connectivity index (χ3v) is 5.38. The first-order chi connectivity index (χ1) is 13.2. The monoisotopic (exact) mass is 412 g/mol. The molecule has 0 aliphatic heterocycles. The molecule has 1 unspecified atom stereocenters. The Morgan fingerprint density at radius 3 is 2.54 bits per heavy atom. The van der Waals surface area contributed by atoms with Gasteiger partial charge in [-0.2, -0.15) is 22.5 Å². The maximum Gasteiger partial charge on any atom is 0.471 e. The molecule has 7 nitrogen and oxygen atoms in total. The van der Waals surface area contributed by atoms with E-state index in [4.69, 9.17) is 4.74 Å². The summed E-state index contributed by atoms with van der Waals surface area (Å²) in [6.45, 7) is 0. The van der Waals surface area contributed by atoms with Crippen molar-refractivity contribution < 1.29 is 26.6 Å². The number of hydrogen-bond acceptors (Lipinski definition) is 7. The van der Waals surface area contributed by atoms with Crippen LogP contribution in [-0.2, 0) is 22.3 Å². The summed E-state index contributed by atoms with van der Waals surface area (Å²) >= 11 is 0. The zero-order valence-electron chi connectivity index (χ0n) is 14.8. The van der Waals surface area contributed by atoms with E-state index in [1.54, 1.807) is 30.3 Å². The van der Waals surface area contributed by atoms with Crippen LogP contribution in [0, 0.1) is 0 Å². The van der Waals surface area contributed by atoms with Gasteiger partial charge in [-0.1, -0.05) is 17.3 Å². The number of ether oxygens (including phenoxy) is 1. The fourth-order valence-corrected chi connectivity index (χ4v) is 3.83. The van der Waals surface area contributed by atoms with Crippen LogP contribution in [0.1, 0.15) is 17.3 Å². The van der Waals surface area contributed by atoms with Gasteiger partial charge in [-0.05, 0) is 23.8 Å². The van der Waals surface area contributed by atoms with Crippen LogP contribution in [0.2, 0.25) is 0 Å². The Bertz CT molecular complexity index is 1090. The Labute approximate surface area is 158 Å². The van der Waals surface area contributed by atoms with Crippen LogP contribution in [-0.4, -0.2) is 32.7 Å². The highest BCUT2D eigenvalue weighted by atomic mass is 32.2. The molecule has 3 aromatic rings. The quantitative estimate of drug-likeness (QED) is 0.632. The molecular formula is C17H15F3N4O3S. The highest BCUT2D eigenvalue weighted by molar-refractivity contribution is 7.93. The molecule has 3 rings (SSSR count). The molecule has 0 aliphatic rings. The van der Waals surface area contributed by atoms with Crippen molar-refractivity contribution in [1.29, 1.82) is 0 Å². The van der Waals surface area contributed by atoms with Gasteiger partial charge in [-0.25, -0.2) is 4.21 Å². The number of alkyl halides is 3. The van der Waals surface area contributed by atoms with Crippen LogP contribution >= 0.6 is 0 Å². The van der Waals surface area contributed by atoms with Crippen LogP contribution in [0.15, 0.2) is 56.5 Å². The number of nitrogens with zero attached hydrogens (tertiary/aromatic N) is 4. The third-order valence-electron chi connectivity index (χ3n) is 3.66. The Balaban J connectivity index is 1.81. The molecule has 0 spiro atoms. The van der Waals surface area contributed by atoms with Crippen molar-refractivity contribution in [1.82, 2.24) is 15.1 Å². The average Bonchev–Trinajstić information content (AvgIpc) is 3.12. The van der Waals surface area contributed by atoms with Crippen molar-refractivity contribution in [2.24, 2.45) is 4.36 Å². The van der Waals surface area contributed by atoms with Gasteiger partial charge in [0, 0.05) is 18.9 Å². The van der Waals surface area contributed by atoms with Gasteiger partial charge in [-0.15, -0.1) is 0 Å². The second-order valence-corrected chi connectivity index (χ2v) is 8.00. The normalized spacial score (nSPS) is 13.8. The highest BCUT2D eigenvalue weighted by Gasteiger charge is 2.38. The molecule has 2 aromatic heterocycles. The zero-order valence-corrected chi connectivity index (χ0v) is 15.6. The molecule has 1 atom stereocenters. The molecule has 0 bridgehead atoms. The van der Waals surface area contributed by atoms with Crippen LogP contribution in [0.25, 0.3) is 0 Å². The topological polar surface area (TPSA) is 90.5 Å². The van der Waals surface area contributed by atoms with Gasteiger partial charge in [0.15, 0.2) is 11.6 Å². The molecule has 0 saturated heterocycles. The predicted octanol–water partition coefficient (Wildman–Crippen LogP) is 3.87. The molecular weight excluding hydrogens is 397 g/mol. The number of methoxy groups -OCH3 is 1. The van der Waals surface area contributed by atoms with Gasteiger partial charge in [0.1, 0.15) is 0 Å². The van der Waals surface area contributed by atoms with Gasteiger partial charge in [-0.3, -0.25) is 4.98 Å². The molecule has 28 heavy (non-hydrogen) atoms. The molecule has 0 radical (unpaired) electrons. The fraction of sp³-hybridized carbons (Fsp3) is 0.235. The van der Waals surface area contributed by atoms with Crippen molar-refractivity contribution in [3.8, 4) is 5.75 Å². The summed E-state index contributed by atoms with van der Waals surface area (Å²) in [6.07, 6.45) is -0.184. The first-order valence-electron chi connectivity index (χ1n) is 7.88. The second kappa shape index (κ2) is 7.58. The zero-order chi connectivity index (χ0) is 20.4. The van der Waals surface area contributed by atoms with E-state index in [0.717, 1.165) is 0 Å². The molecule has 2 heterocycles. The Hall–Kier alpha value is -2.95. The molecule has 148 valence electrons. The summed E-state index contributed by atoms with van der Waals surface area (Å²) in [5.41, 5.74) is 1.09. The lowest BCUT2D eigenvalue weighted by Crippen LogP contribution is -2.05. The van der Waals surface area contributed by atoms with Gasteiger partial charge in [0.2, 0.25) is 0 Å². The van der Waals surface area contributed by atoms with E-state index in [1.807, 2.05) is 0 Å². The Morgan fingerprint density at radius 2 is 1.93 bits per heavy atom.